The molecule has 0 aliphatic rings. The Hall–Kier alpha value is -2.13. The first-order chi connectivity index (χ1) is 10.6. The molecule has 0 aromatic heterocycles. The van der Waals surface area contributed by atoms with Crippen LogP contribution < -0.4 is 0 Å². The van der Waals surface area contributed by atoms with Crippen molar-refractivity contribution in [2.24, 2.45) is 4.99 Å². The van der Waals surface area contributed by atoms with E-state index in [0.717, 1.165) is 26.4 Å². The van der Waals surface area contributed by atoms with Gasteiger partial charge in [-0.2, -0.15) is 0 Å². The Balaban J connectivity index is 1.95. The van der Waals surface area contributed by atoms with E-state index >= 15 is 0 Å². The molecule has 3 rings (SSSR count). The standard InChI is InChI=1S/C19H16BrNO/c1-13(14-6-9-16(20)10-7-14)21-12-18-17-5-3-2-4-15(17)8-11-19(18)22/h2-13,22H,1H3/t13-/m1/s1. The van der Waals surface area contributed by atoms with Crippen LogP contribution in [0, 0.1) is 0 Å². The molecule has 0 aliphatic carbocycles. The first-order valence-electron chi connectivity index (χ1n) is 7.14. The van der Waals surface area contributed by atoms with Crippen LogP contribution in [0.15, 0.2) is 70.1 Å². The van der Waals surface area contributed by atoms with Crippen LogP contribution in [0.3, 0.4) is 0 Å². The summed E-state index contributed by atoms with van der Waals surface area (Å²) in [6.45, 7) is 2.04. The third-order valence-corrected chi connectivity index (χ3v) is 4.26. The highest BCUT2D eigenvalue weighted by Gasteiger charge is 2.06. The van der Waals surface area contributed by atoms with Crippen LogP contribution >= 0.6 is 15.9 Å². The summed E-state index contributed by atoms with van der Waals surface area (Å²) in [6, 6.07) is 19.8. The van der Waals surface area contributed by atoms with Gasteiger partial charge in [-0.25, -0.2) is 0 Å². The minimum atomic E-state index is 0.0338. The number of nitrogens with zero attached hydrogens (tertiary/aromatic N) is 1. The van der Waals surface area contributed by atoms with Crippen LogP contribution in [0.5, 0.6) is 5.75 Å². The lowest BCUT2D eigenvalue weighted by Gasteiger charge is -2.08. The molecule has 0 bridgehead atoms. The largest absolute Gasteiger partial charge is 0.507 e. The third kappa shape index (κ3) is 3.04. The van der Waals surface area contributed by atoms with Gasteiger partial charge in [0.1, 0.15) is 5.75 Å². The molecule has 22 heavy (non-hydrogen) atoms. The normalized spacial score (nSPS) is 12.8. The van der Waals surface area contributed by atoms with E-state index in [1.54, 1.807) is 12.3 Å². The minimum absolute atomic E-state index is 0.0338. The molecule has 0 heterocycles. The molecule has 1 N–H and O–H groups in total. The lowest BCUT2D eigenvalue weighted by Crippen LogP contribution is -1.92. The average molecular weight is 354 g/mol. The van der Waals surface area contributed by atoms with E-state index in [0.29, 0.717) is 0 Å². The molecule has 0 radical (unpaired) electrons. The van der Waals surface area contributed by atoms with E-state index < -0.39 is 0 Å². The molecule has 0 aliphatic heterocycles. The molecule has 0 saturated heterocycles. The van der Waals surface area contributed by atoms with E-state index in [1.165, 1.54) is 0 Å². The van der Waals surface area contributed by atoms with Crippen molar-refractivity contribution in [3.8, 4) is 5.75 Å². The number of fused-ring (bicyclic) bond motifs is 1. The maximum atomic E-state index is 10.1. The van der Waals surface area contributed by atoms with Gasteiger partial charge >= 0.3 is 0 Å². The predicted molar refractivity (Wildman–Crippen MR) is 95.8 cm³/mol. The Bertz CT molecular complexity index is 824. The van der Waals surface area contributed by atoms with Gasteiger partial charge in [0.15, 0.2) is 0 Å². The van der Waals surface area contributed by atoms with Gasteiger partial charge < -0.3 is 5.11 Å². The molecule has 3 aromatic carbocycles. The highest BCUT2D eigenvalue weighted by molar-refractivity contribution is 9.10. The molecule has 0 unspecified atom stereocenters. The van der Waals surface area contributed by atoms with Crippen molar-refractivity contribution < 1.29 is 5.11 Å². The smallest absolute Gasteiger partial charge is 0.124 e. The Labute approximate surface area is 138 Å². The highest BCUT2D eigenvalue weighted by atomic mass is 79.9. The number of aromatic hydroxyl groups is 1. The zero-order chi connectivity index (χ0) is 15.5. The fourth-order valence-corrected chi connectivity index (χ4v) is 2.70. The average Bonchev–Trinajstić information content (AvgIpc) is 2.54. The van der Waals surface area contributed by atoms with E-state index in [4.69, 9.17) is 0 Å². The summed E-state index contributed by atoms with van der Waals surface area (Å²) < 4.78 is 1.05. The Morgan fingerprint density at radius 1 is 1.00 bits per heavy atom. The summed E-state index contributed by atoms with van der Waals surface area (Å²) in [7, 11) is 0. The Kier molecular flexibility index (Phi) is 4.25. The Morgan fingerprint density at radius 2 is 1.73 bits per heavy atom. The summed E-state index contributed by atoms with van der Waals surface area (Å²) in [5.41, 5.74) is 1.90. The van der Waals surface area contributed by atoms with E-state index in [9.17, 15) is 5.11 Å². The number of phenols is 1. The molecule has 0 fully saturated rings. The molecule has 0 saturated carbocycles. The van der Waals surface area contributed by atoms with E-state index in [2.05, 4.69) is 33.1 Å². The lowest BCUT2D eigenvalue weighted by molar-refractivity contribution is 0.475. The lowest BCUT2D eigenvalue weighted by atomic mass is 10.0. The number of rotatable bonds is 3. The highest BCUT2D eigenvalue weighted by Crippen LogP contribution is 2.26. The van der Waals surface area contributed by atoms with Crippen molar-refractivity contribution in [1.82, 2.24) is 0 Å². The minimum Gasteiger partial charge on any atom is -0.507 e. The van der Waals surface area contributed by atoms with Crippen LogP contribution in [0.1, 0.15) is 24.1 Å². The van der Waals surface area contributed by atoms with Gasteiger partial charge in [-0.15, -0.1) is 0 Å². The van der Waals surface area contributed by atoms with Crippen LogP contribution in [0.2, 0.25) is 0 Å². The number of benzene rings is 3. The molecule has 3 aromatic rings. The van der Waals surface area contributed by atoms with Gasteiger partial charge in [-0.05, 0) is 41.5 Å². The van der Waals surface area contributed by atoms with E-state index in [-0.39, 0.29) is 11.8 Å². The number of hydrogen-bond acceptors (Lipinski definition) is 2. The summed E-state index contributed by atoms with van der Waals surface area (Å²) in [5.74, 6) is 0.255. The molecule has 0 spiro atoms. The molecule has 0 amide bonds. The van der Waals surface area contributed by atoms with Gasteiger partial charge in [0.25, 0.3) is 0 Å². The van der Waals surface area contributed by atoms with Crippen molar-refractivity contribution in [2.45, 2.75) is 13.0 Å². The SMILES string of the molecule is C[C@@H](N=Cc1c(O)ccc2ccccc12)c1ccc(Br)cc1. The van der Waals surface area contributed by atoms with Crippen molar-refractivity contribution >= 4 is 32.9 Å². The van der Waals surface area contributed by atoms with Crippen LogP contribution in [-0.2, 0) is 0 Å². The maximum Gasteiger partial charge on any atom is 0.124 e. The zero-order valence-corrected chi connectivity index (χ0v) is 13.8. The molecule has 2 nitrogen and oxygen atoms in total. The van der Waals surface area contributed by atoms with Crippen molar-refractivity contribution in [3.05, 3.63) is 76.3 Å². The number of phenolic OH excluding ortho intramolecular Hbond substituents is 1. The van der Waals surface area contributed by atoms with Gasteiger partial charge in [-0.1, -0.05) is 58.4 Å². The first kappa shape index (κ1) is 14.8. The topological polar surface area (TPSA) is 32.6 Å². The van der Waals surface area contributed by atoms with Gasteiger partial charge in [-0.3, -0.25) is 4.99 Å². The number of aliphatic imine (C=N–C) groups is 1. The van der Waals surface area contributed by atoms with Gasteiger partial charge in [0.05, 0.1) is 6.04 Å². The second-order valence-electron chi connectivity index (χ2n) is 5.23. The fourth-order valence-electron chi connectivity index (χ4n) is 2.43. The molecular formula is C19H16BrNO. The molecule has 1 atom stereocenters. The van der Waals surface area contributed by atoms with Crippen LogP contribution in [0.4, 0.5) is 0 Å². The zero-order valence-electron chi connectivity index (χ0n) is 12.2. The quantitative estimate of drug-likeness (QED) is 0.620. The van der Waals surface area contributed by atoms with Crippen molar-refractivity contribution in [3.63, 3.8) is 0 Å². The molecule has 110 valence electrons. The first-order valence-corrected chi connectivity index (χ1v) is 7.94. The summed E-state index contributed by atoms with van der Waals surface area (Å²) >= 11 is 3.44. The van der Waals surface area contributed by atoms with Crippen molar-refractivity contribution in [2.75, 3.05) is 0 Å². The summed E-state index contributed by atoms with van der Waals surface area (Å²) in [4.78, 5) is 4.60. The Morgan fingerprint density at radius 3 is 2.50 bits per heavy atom. The predicted octanol–water partition coefficient (Wildman–Crippen LogP) is 5.49. The van der Waals surface area contributed by atoms with E-state index in [1.807, 2.05) is 49.4 Å². The van der Waals surface area contributed by atoms with Gasteiger partial charge in [0.2, 0.25) is 0 Å². The maximum absolute atomic E-state index is 10.1. The third-order valence-electron chi connectivity index (χ3n) is 3.73. The summed E-state index contributed by atoms with van der Waals surface area (Å²) in [6.07, 6.45) is 1.77. The second-order valence-corrected chi connectivity index (χ2v) is 6.14. The number of hydrogen-bond donors (Lipinski definition) is 1. The monoisotopic (exact) mass is 353 g/mol. The molecular weight excluding hydrogens is 338 g/mol. The number of halogens is 1. The summed E-state index contributed by atoms with van der Waals surface area (Å²) in [5, 5.41) is 12.2. The van der Waals surface area contributed by atoms with Gasteiger partial charge in [0, 0.05) is 16.3 Å². The second kappa shape index (κ2) is 6.32. The fraction of sp³-hybridized carbons (Fsp3) is 0.105. The molecule has 3 heteroatoms. The van der Waals surface area contributed by atoms with Crippen LogP contribution in [0.25, 0.3) is 10.8 Å². The van der Waals surface area contributed by atoms with Crippen LogP contribution in [-0.4, -0.2) is 11.3 Å². The van der Waals surface area contributed by atoms with Crippen molar-refractivity contribution in [1.29, 1.82) is 0 Å².